The van der Waals surface area contributed by atoms with Crippen molar-refractivity contribution in [3.63, 3.8) is 0 Å². The van der Waals surface area contributed by atoms with E-state index in [-0.39, 0.29) is 6.04 Å². The van der Waals surface area contributed by atoms with Crippen LogP contribution in [0.15, 0.2) is 18.3 Å². The van der Waals surface area contributed by atoms with Gasteiger partial charge in [0.05, 0.1) is 6.04 Å². The van der Waals surface area contributed by atoms with E-state index in [4.69, 9.17) is 10.5 Å². The summed E-state index contributed by atoms with van der Waals surface area (Å²) in [6.45, 7) is 3.79. The van der Waals surface area contributed by atoms with Gasteiger partial charge < -0.3 is 15.0 Å². The number of rotatable bonds is 7. The van der Waals surface area contributed by atoms with Crippen LogP contribution in [0.5, 0.6) is 0 Å². The lowest BCUT2D eigenvalue weighted by Crippen LogP contribution is -2.17. The maximum absolute atomic E-state index is 6.26. The smallest absolute Gasteiger partial charge is 0.160 e. The van der Waals surface area contributed by atoms with Gasteiger partial charge in [-0.05, 0) is 31.4 Å². The molecule has 0 aliphatic rings. The summed E-state index contributed by atoms with van der Waals surface area (Å²) in [5.74, 6) is 0.937. The van der Waals surface area contributed by atoms with Gasteiger partial charge in [0.25, 0.3) is 0 Å². The first-order valence-electron chi connectivity index (χ1n) is 6.83. The van der Waals surface area contributed by atoms with Gasteiger partial charge in [0.2, 0.25) is 0 Å². The number of aryl methyl sites for hydroxylation is 1. The van der Waals surface area contributed by atoms with Crippen LogP contribution in [0.2, 0.25) is 0 Å². The van der Waals surface area contributed by atoms with E-state index in [9.17, 15) is 0 Å². The molecule has 0 radical (unpaired) electrons. The van der Waals surface area contributed by atoms with Crippen molar-refractivity contribution in [2.24, 2.45) is 5.73 Å². The molecule has 1 atom stereocenters. The van der Waals surface area contributed by atoms with Gasteiger partial charge in [0, 0.05) is 26.5 Å². The number of hydrogen-bond donors (Lipinski definition) is 1. The van der Waals surface area contributed by atoms with E-state index in [0.717, 1.165) is 49.4 Å². The molecule has 0 aliphatic heterocycles. The highest BCUT2D eigenvalue weighted by Crippen LogP contribution is 2.21. The summed E-state index contributed by atoms with van der Waals surface area (Å²) >= 11 is 0. The first-order valence-corrected chi connectivity index (χ1v) is 6.83. The molecule has 0 saturated carbocycles. The minimum Gasteiger partial charge on any atom is -0.385 e. The van der Waals surface area contributed by atoms with Gasteiger partial charge in [0.15, 0.2) is 5.65 Å². The van der Waals surface area contributed by atoms with Crippen molar-refractivity contribution in [3.05, 3.63) is 24.2 Å². The van der Waals surface area contributed by atoms with Crippen LogP contribution in [0, 0.1) is 0 Å². The summed E-state index contributed by atoms with van der Waals surface area (Å²) in [5, 5.41) is 0. The van der Waals surface area contributed by atoms with Crippen molar-refractivity contribution < 1.29 is 4.74 Å². The van der Waals surface area contributed by atoms with Crippen molar-refractivity contribution in [2.45, 2.75) is 38.8 Å². The van der Waals surface area contributed by atoms with Gasteiger partial charge in [0.1, 0.15) is 11.3 Å². The molecule has 5 heteroatoms. The van der Waals surface area contributed by atoms with E-state index in [2.05, 4.69) is 21.5 Å². The Morgan fingerprint density at radius 3 is 3.05 bits per heavy atom. The number of methoxy groups -OCH3 is 1. The van der Waals surface area contributed by atoms with E-state index in [1.165, 1.54) is 0 Å². The van der Waals surface area contributed by atoms with E-state index in [0.29, 0.717) is 0 Å². The predicted molar refractivity (Wildman–Crippen MR) is 75.9 cm³/mol. The number of aromatic nitrogens is 3. The zero-order valence-electron chi connectivity index (χ0n) is 11.7. The molecule has 0 fully saturated rings. The molecule has 0 amide bonds. The highest BCUT2D eigenvalue weighted by Gasteiger charge is 2.16. The molecule has 2 N–H and O–H groups in total. The van der Waals surface area contributed by atoms with Crippen LogP contribution in [-0.4, -0.2) is 28.3 Å². The van der Waals surface area contributed by atoms with E-state index < -0.39 is 0 Å². The number of hydrogen-bond acceptors (Lipinski definition) is 4. The first kappa shape index (κ1) is 14.0. The van der Waals surface area contributed by atoms with Crippen LogP contribution >= 0.6 is 0 Å². The molecule has 0 bridgehead atoms. The van der Waals surface area contributed by atoms with Gasteiger partial charge in [-0.1, -0.05) is 6.92 Å². The topological polar surface area (TPSA) is 66.0 Å². The summed E-state index contributed by atoms with van der Waals surface area (Å²) in [7, 11) is 1.71. The normalized spacial score (nSPS) is 13.0. The zero-order valence-corrected chi connectivity index (χ0v) is 11.7. The third-order valence-corrected chi connectivity index (χ3v) is 3.18. The Bertz CT molecular complexity index is 523. The van der Waals surface area contributed by atoms with Gasteiger partial charge in [-0.25, -0.2) is 9.97 Å². The highest BCUT2D eigenvalue weighted by atomic mass is 16.5. The Hall–Kier alpha value is -1.46. The quantitative estimate of drug-likeness (QED) is 0.777. The van der Waals surface area contributed by atoms with E-state index in [1.807, 2.05) is 12.1 Å². The fourth-order valence-electron chi connectivity index (χ4n) is 2.28. The average molecular weight is 262 g/mol. The lowest BCUT2D eigenvalue weighted by atomic mass is 10.1. The fourth-order valence-corrected chi connectivity index (χ4v) is 2.28. The third-order valence-electron chi connectivity index (χ3n) is 3.18. The second kappa shape index (κ2) is 6.63. The maximum atomic E-state index is 6.26. The molecule has 0 aliphatic carbocycles. The van der Waals surface area contributed by atoms with Crippen molar-refractivity contribution in [2.75, 3.05) is 13.7 Å². The maximum Gasteiger partial charge on any atom is 0.160 e. The van der Waals surface area contributed by atoms with E-state index in [1.54, 1.807) is 13.3 Å². The average Bonchev–Trinajstić information content (AvgIpc) is 2.79. The van der Waals surface area contributed by atoms with Gasteiger partial charge in [-0.2, -0.15) is 0 Å². The molecule has 0 saturated heterocycles. The Morgan fingerprint density at radius 2 is 2.32 bits per heavy atom. The van der Waals surface area contributed by atoms with Gasteiger partial charge >= 0.3 is 0 Å². The monoisotopic (exact) mass is 262 g/mol. The third kappa shape index (κ3) is 3.11. The van der Waals surface area contributed by atoms with Crippen molar-refractivity contribution in [1.82, 2.24) is 14.5 Å². The molecule has 0 spiro atoms. The van der Waals surface area contributed by atoms with Crippen molar-refractivity contribution in [1.29, 1.82) is 0 Å². The van der Waals surface area contributed by atoms with Crippen LogP contribution in [0.1, 0.15) is 38.1 Å². The van der Waals surface area contributed by atoms with Crippen LogP contribution in [-0.2, 0) is 11.3 Å². The number of imidazole rings is 1. The number of fused-ring (bicyclic) bond motifs is 1. The molecule has 2 rings (SSSR count). The predicted octanol–water partition coefficient (Wildman–Crippen LogP) is 2.27. The SMILES string of the molecule is CCCn1c(C(N)CCCOC)nc2cccnc21. The molecule has 5 nitrogen and oxygen atoms in total. The first-order chi connectivity index (χ1) is 9.27. The molecule has 2 heterocycles. The van der Waals surface area contributed by atoms with Crippen LogP contribution in [0.25, 0.3) is 11.2 Å². The van der Waals surface area contributed by atoms with E-state index >= 15 is 0 Å². The summed E-state index contributed by atoms with van der Waals surface area (Å²) in [4.78, 5) is 9.06. The molecule has 2 aromatic rings. The molecule has 2 aromatic heterocycles. The molecule has 0 aromatic carbocycles. The lowest BCUT2D eigenvalue weighted by Gasteiger charge is -2.13. The zero-order chi connectivity index (χ0) is 13.7. The largest absolute Gasteiger partial charge is 0.385 e. The summed E-state index contributed by atoms with van der Waals surface area (Å²) < 4.78 is 7.22. The second-order valence-electron chi connectivity index (χ2n) is 4.71. The number of ether oxygens (including phenoxy) is 1. The van der Waals surface area contributed by atoms with Crippen molar-refractivity contribution >= 4 is 11.2 Å². The number of nitrogens with two attached hydrogens (primary N) is 1. The standard InChI is InChI=1S/C14H22N4O/c1-3-9-18-13(11(15)6-5-10-19-2)17-12-7-4-8-16-14(12)18/h4,7-8,11H,3,5-6,9-10,15H2,1-2H3. The summed E-state index contributed by atoms with van der Waals surface area (Å²) in [5.41, 5.74) is 8.12. The number of pyridine rings is 1. The Balaban J connectivity index is 2.27. The molecular weight excluding hydrogens is 240 g/mol. The van der Waals surface area contributed by atoms with Gasteiger partial charge in [-0.3, -0.25) is 0 Å². The van der Waals surface area contributed by atoms with Crippen LogP contribution in [0.4, 0.5) is 0 Å². The molecule has 19 heavy (non-hydrogen) atoms. The minimum atomic E-state index is -0.0594. The second-order valence-corrected chi connectivity index (χ2v) is 4.71. The van der Waals surface area contributed by atoms with Crippen molar-refractivity contribution in [3.8, 4) is 0 Å². The molecular formula is C14H22N4O. The Labute approximate surface area is 113 Å². The fraction of sp³-hybridized carbons (Fsp3) is 0.571. The van der Waals surface area contributed by atoms with Crippen LogP contribution < -0.4 is 5.73 Å². The number of nitrogens with zero attached hydrogens (tertiary/aromatic N) is 3. The Kier molecular flexibility index (Phi) is 4.87. The Morgan fingerprint density at radius 1 is 1.47 bits per heavy atom. The highest BCUT2D eigenvalue weighted by molar-refractivity contribution is 5.71. The summed E-state index contributed by atoms with van der Waals surface area (Å²) in [6.07, 6.45) is 4.66. The van der Waals surface area contributed by atoms with Gasteiger partial charge in [-0.15, -0.1) is 0 Å². The lowest BCUT2D eigenvalue weighted by molar-refractivity contribution is 0.190. The molecule has 1 unspecified atom stereocenters. The minimum absolute atomic E-state index is 0.0594. The molecule has 104 valence electrons. The summed E-state index contributed by atoms with van der Waals surface area (Å²) in [6, 6.07) is 3.84. The van der Waals surface area contributed by atoms with Crippen LogP contribution in [0.3, 0.4) is 0 Å².